The molecule has 1 fully saturated rings. The molecule has 4 rings (SSSR count). The highest BCUT2D eigenvalue weighted by molar-refractivity contribution is 6.04. The number of aryl methyl sites for hydroxylation is 1. The first-order chi connectivity index (χ1) is 14.6. The van der Waals surface area contributed by atoms with Crippen molar-refractivity contribution >= 4 is 29.2 Å². The van der Waals surface area contributed by atoms with E-state index in [9.17, 15) is 4.79 Å². The molecule has 0 aliphatic carbocycles. The van der Waals surface area contributed by atoms with Crippen LogP contribution in [0.15, 0.2) is 48.5 Å². The van der Waals surface area contributed by atoms with Crippen LogP contribution in [0.4, 0.5) is 0 Å². The van der Waals surface area contributed by atoms with Gasteiger partial charge in [0.25, 0.3) is 5.91 Å². The summed E-state index contributed by atoms with van der Waals surface area (Å²) in [5, 5.41) is 8.49. The van der Waals surface area contributed by atoms with Gasteiger partial charge in [-0.1, -0.05) is 30.3 Å². The van der Waals surface area contributed by atoms with Crippen LogP contribution in [0.1, 0.15) is 28.9 Å². The van der Waals surface area contributed by atoms with Crippen molar-refractivity contribution in [2.75, 3.05) is 33.3 Å². The van der Waals surface area contributed by atoms with Gasteiger partial charge in [0.2, 0.25) is 0 Å². The van der Waals surface area contributed by atoms with Crippen LogP contribution in [0, 0.1) is 5.92 Å². The molecule has 0 bridgehead atoms. The fraction of sp³-hybridized carbons (Fsp3) is 0.417. The Labute approximate surface area is 190 Å². The lowest BCUT2D eigenvalue weighted by Gasteiger charge is -2.32. The van der Waals surface area contributed by atoms with Crippen LogP contribution in [0.5, 0.6) is 5.75 Å². The van der Waals surface area contributed by atoms with Crippen molar-refractivity contribution in [2.24, 2.45) is 13.0 Å². The summed E-state index contributed by atoms with van der Waals surface area (Å²) in [5.74, 6) is 1.40. The van der Waals surface area contributed by atoms with Gasteiger partial charge in [0.05, 0.1) is 12.6 Å². The van der Waals surface area contributed by atoms with E-state index in [4.69, 9.17) is 4.74 Å². The van der Waals surface area contributed by atoms with Crippen molar-refractivity contribution in [3.8, 4) is 5.75 Å². The maximum Gasteiger partial charge on any atom is 0.270 e. The zero-order chi connectivity index (χ0) is 20.9. The molecule has 166 valence electrons. The zero-order valence-corrected chi connectivity index (χ0v) is 19.0. The number of carbonyl (C=O) groups is 1. The SMILES string of the molecule is COc1ccc(CCN2CCC(CNC(=O)c3c4ccccc4nn3C)CC2)cc1.Cl. The van der Waals surface area contributed by atoms with Crippen molar-refractivity contribution in [1.29, 1.82) is 0 Å². The summed E-state index contributed by atoms with van der Waals surface area (Å²) >= 11 is 0. The molecule has 2 heterocycles. The number of piperidine rings is 1. The second kappa shape index (κ2) is 10.6. The predicted octanol–water partition coefficient (Wildman–Crippen LogP) is 3.69. The Balaban J connectivity index is 0.00000272. The number of benzene rings is 2. The van der Waals surface area contributed by atoms with E-state index in [0.29, 0.717) is 11.6 Å². The molecule has 3 aromatic rings. The first kappa shape index (κ1) is 23.1. The van der Waals surface area contributed by atoms with E-state index < -0.39 is 0 Å². The highest BCUT2D eigenvalue weighted by atomic mass is 35.5. The average molecular weight is 443 g/mol. The largest absolute Gasteiger partial charge is 0.497 e. The molecule has 31 heavy (non-hydrogen) atoms. The lowest BCUT2D eigenvalue weighted by atomic mass is 9.96. The van der Waals surface area contributed by atoms with Gasteiger partial charge < -0.3 is 15.0 Å². The van der Waals surface area contributed by atoms with Crippen molar-refractivity contribution in [3.63, 3.8) is 0 Å². The molecule has 6 nitrogen and oxygen atoms in total. The van der Waals surface area contributed by atoms with Crippen molar-refractivity contribution in [2.45, 2.75) is 19.3 Å². The molecule has 7 heteroatoms. The number of hydrogen-bond acceptors (Lipinski definition) is 4. The summed E-state index contributed by atoms with van der Waals surface area (Å²) in [7, 11) is 3.52. The average Bonchev–Trinajstić information content (AvgIpc) is 3.13. The molecule has 1 aromatic heterocycles. The lowest BCUT2D eigenvalue weighted by molar-refractivity contribution is 0.0928. The molecular weight excluding hydrogens is 412 g/mol. The van der Waals surface area contributed by atoms with Gasteiger partial charge in [0, 0.05) is 25.5 Å². The standard InChI is InChI=1S/C24H30N4O2.ClH/c1-27-23(21-5-3-4-6-22(21)26-27)24(29)25-17-19-12-15-28(16-13-19)14-11-18-7-9-20(30-2)10-8-18;/h3-10,19H,11-17H2,1-2H3,(H,25,29);1H. The van der Waals surface area contributed by atoms with E-state index >= 15 is 0 Å². The first-order valence-corrected chi connectivity index (χ1v) is 10.7. The van der Waals surface area contributed by atoms with Gasteiger partial charge in [-0.25, -0.2) is 0 Å². The molecular formula is C24H31ClN4O2. The molecule has 0 unspecified atom stereocenters. The van der Waals surface area contributed by atoms with Crippen LogP contribution in [-0.4, -0.2) is 53.9 Å². The third-order valence-corrected chi connectivity index (χ3v) is 6.09. The van der Waals surface area contributed by atoms with E-state index in [2.05, 4.69) is 27.4 Å². The van der Waals surface area contributed by atoms with Gasteiger partial charge in [-0.2, -0.15) is 5.10 Å². The van der Waals surface area contributed by atoms with Gasteiger partial charge in [0.15, 0.2) is 0 Å². The second-order valence-electron chi connectivity index (χ2n) is 8.08. The van der Waals surface area contributed by atoms with E-state index in [-0.39, 0.29) is 18.3 Å². The maximum atomic E-state index is 12.8. The van der Waals surface area contributed by atoms with Crippen LogP contribution in [0.25, 0.3) is 10.9 Å². The Morgan fingerprint density at radius 3 is 2.55 bits per heavy atom. The molecule has 0 saturated carbocycles. The number of hydrogen-bond donors (Lipinski definition) is 1. The van der Waals surface area contributed by atoms with Crippen molar-refractivity contribution in [3.05, 3.63) is 59.8 Å². The van der Waals surface area contributed by atoms with E-state index in [1.807, 2.05) is 43.4 Å². The van der Waals surface area contributed by atoms with Gasteiger partial charge in [-0.15, -0.1) is 12.4 Å². The predicted molar refractivity (Wildman–Crippen MR) is 126 cm³/mol. The number of fused-ring (bicyclic) bond motifs is 1. The number of nitrogens with zero attached hydrogens (tertiary/aromatic N) is 3. The number of halogens is 1. The van der Waals surface area contributed by atoms with Crippen LogP contribution in [0.2, 0.25) is 0 Å². The number of carbonyl (C=O) groups excluding carboxylic acids is 1. The van der Waals surface area contributed by atoms with E-state index in [0.717, 1.165) is 62.1 Å². The third-order valence-electron chi connectivity index (χ3n) is 6.09. The Bertz CT molecular complexity index is 994. The normalized spacial score (nSPS) is 14.9. The Kier molecular flexibility index (Phi) is 7.93. The van der Waals surface area contributed by atoms with Crippen molar-refractivity contribution in [1.82, 2.24) is 20.0 Å². The number of rotatable bonds is 7. The van der Waals surface area contributed by atoms with E-state index in [1.165, 1.54) is 5.56 Å². The molecule has 2 aromatic carbocycles. The molecule has 1 aliphatic rings. The van der Waals surface area contributed by atoms with Gasteiger partial charge in [0.1, 0.15) is 11.4 Å². The monoisotopic (exact) mass is 442 g/mol. The number of amides is 1. The summed E-state index contributed by atoms with van der Waals surface area (Å²) < 4.78 is 6.90. The molecule has 0 radical (unpaired) electrons. The molecule has 0 spiro atoms. The molecule has 1 aliphatic heterocycles. The van der Waals surface area contributed by atoms with Gasteiger partial charge in [-0.3, -0.25) is 9.48 Å². The van der Waals surface area contributed by atoms with Gasteiger partial charge in [-0.05, 0) is 62.0 Å². The lowest BCUT2D eigenvalue weighted by Crippen LogP contribution is -2.39. The number of methoxy groups -OCH3 is 1. The van der Waals surface area contributed by atoms with Gasteiger partial charge >= 0.3 is 0 Å². The van der Waals surface area contributed by atoms with Crippen LogP contribution >= 0.6 is 12.4 Å². The molecule has 1 saturated heterocycles. The molecule has 0 atom stereocenters. The summed E-state index contributed by atoms with van der Waals surface area (Å²) in [6.07, 6.45) is 3.29. The highest BCUT2D eigenvalue weighted by Crippen LogP contribution is 2.20. The third kappa shape index (κ3) is 5.57. The topological polar surface area (TPSA) is 59.4 Å². The first-order valence-electron chi connectivity index (χ1n) is 10.7. The summed E-state index contributed by atoms with van der Waals surface area (Å²) in [4.78, 5) is 15.3. The Hall–Kier alpha value is -2.57. The Morgan fingerprint density at radius 2 is 1.84 bits per heavy atom. The number of nitrogens with one attached hydrogen (secondary N) is 1. The summed E-state index contributed by atoms with van der Waals surface area (Å²) in [6.45, 7) is 3.98. The minimum Gasteiger partial charge on any atom is -0.497 e. The molecule has 1 amide bonds. The number of ether oxygens (including phenoxy) is 1. The van der Waals surface area contributed by atoms with Crippen LogP contribution in [-0.2, 0) is 13.5 Å². The van der Waals surface area contributed by atoms with Crippen molar-refractivity contribution < 1.29 is 9.53 Å². The quantitative estimate of drug-likeness (QED) is 0.606. The van der Waals surface area contributed by atoms with E-state index in [1.54, 1.807) is 11.8 Å². The number of likely N-dealkylation sites (tertiary alicyclic amines) is 1. The smallest absolute Gasteiger partial charge is 0.270 e. The minimum absolute atomic E-state index is 0. The summed E-state index contributed by atoms with van der Waals surface area (Å²) in [5.41, 5.74) is 2.84. The zero-order valence-electron chi connectivity index (χ0n) is 18.2. The Morgan fingerprint density at radius 1 is 1.13 bits per heavy atom. The van der Waals surface area contributed by atoms with Crippen LogP contribution < -0.4 is 10.1 Å². The highest BCUT2D eigenvalue weighted by Gasteiger charge is 2.21. The molecule has 1 N–H and O–H groups in total. The maximum absolute atomic E-state index is 12.8. The number of aromatic nitrogens is 2. The summed E-state index contributed by atoms with van der Waals surface area (Å²) in [6, 6.07) is 16.1. The minimum atomic E-state index is -0.0341. The second-order valence-corrected chi connectivity index (χ2v) is 8.08. The van der Waals surface area contributed by atoms with Crippen LogP contribution in [0.3, 0.4) is 0 Å². The fourth-order valence-electron chi connectivity index (χ4n) is 4.23. The fourth-order valence-corrected chi connectivity index (χ4v) is 4.23.